The molecule has 1 unspecified atom stereocenters. The molecule has 0 radical (unpaired) electrons. The molecule has 3 aromatic carbocycles. The highest BCUT2D eigenvalue weighted by molar-refractivity contribution is 7.98. The van der Waals surface area contributed by atoms with Gasteiger partial charge in [0.2, 0.25) is 7.37 Å². The Morgan fingerprint density at radius 2 is 1.40 bits per heavy atom. The Bertz CT molecular complexity index is 924. The third-order valence-corrected chi connectivity index (χ3v) is 7.98. The van der Waals surface area contributed by atoms with E-state index in [1.54, 1.807) is 0 Å². The average molecular weight is 366 g/mol. The first-order valence-electron chi connectivity index (χ1n) is 8.31. The van der Waals surface area contributed by atoms with E-state index >= 15 is 0 Å². The predicted molar refractivity (Wildman–Crippen MR) is 105 cm³/mol. The van der Waals surface area contributed by atoms with Gasteiger partial charge in [-0.1, -0.05) is 60.7 Å². The van der Waals surface area contributed by atoms with Crippen LogP contribution in [0.15, 0.2) is 83.8 Å². The molecule has 0 aliphatic carbocycles. The standard InChI is InChI=1S/C21H19O2PS/c22-24(20-11-2-1-3-12-20)15-18-9-6-7-13-21(18)25-16-19-10-5-4-8-17(19)14-23-24/h1-13H,14-16H2. The van der Waals surface area contributed by atoms with E-state index in [9.17, 15) is 4.57 Å². The average Bonchev–Trinajstić information content (AvgIpc) is 2.67. The van der Waals surface area contributed by atoms with Crippen LogP contribution in [0.25, 0.3) is 0 Å². The summed E-state index contributed by atoms with van der Waals surface area (Å²) in [6, 6.07) is 26.1. The number of benzene rings is 3. The third-order valence-electron chi connectivity index (χ3n) is 4.43. The molecule has 1 atom stereocenters. The lowest BCUT2D eigenvalue weighted by molar-refractivity contribution is 0.308. The molecule has 0 fully saturated rings. The number of fused-ring (bicyclic) bond motifs is 2. The van der Waals surface area contributed by atoms with Gasteiger partial charge in [0.1, 0.15) is 0 Å². The molecule has 0 amide bonds. The molecule has 1 aliphatic heterocycles. The van der Waals surface area contributed by atoms with E-state index in [-0.39, 0.29) is 0 Å². The quantitative estimate of drug-likeness (QED) is 0.524. The van der Waals surface area contributed by atoms with E-state index < -0.39 is 7.37 Å². The smallest absolute Gasteiger partial charge is 0.236 e. The Labute approximate surface area is 152 Å². The molecule has 2 nitrogen and oxygen atoms in total. The summed E-state index contributed by atoms with van der Waals surface area (Å²) in [6.45, 7) is 0.380. The molecular formula is C21H19O2PS. The zero-order valence-corrected chi connectivity index (χ0v) is 15.5. The van der Waals surface area contributed by atoms with Crippen molar-refractivity contribution in [2.45, 2.75) is 23.4 Å². The van der Waals surface area contributed by atoms with Crippen LogP contribution < -0.4 is 5.30 Å². The summed E-state index contributed by atoms with van der Waals surface area (Å²) in [5, 5.41) is 0.785. The fourth-order valence-electron chi connectivity index (χ4n) is 3.03. The highest BCUT2D eigenvalue weighted by atomic mass is 32.2. The van der Waals surface area contributed by atoms with Crippen LogP contribution >= 0.6 is 19.1 Å². The summed E-state index contributed by atoms with van der Waals surface area (Å²) in [7, 11) is -2.99. The van der Waals surface area contributed by atoms with Gasteiger partial charge in [-0.25, -0.2) is 0 Å². The van der Waals surface area contributed by atoms with E-state index in [1.165, 1.54) is 10.5 Å². The highest BCUT2D eigenvalue weighted by Crippen LogP contribution is 2.51. The maximum Gasteiger partial charge on any atom is 0.236 e. The van der Waals surface area contributed by atoms with Crippen LogP contribution in [0.1, 0.15) is 16.7 Å². The summed E-state index contributed by atoms with van der Waals surface area (Å²) in [6.07, 6.45) is 0.433. The maximum absolute atomic E-state index is 13.8. The van der Waals surface area contributed by atoms with Crippen molar-refractivity contribution in [2.24, 2.45) is 0 Å². The normalized spacial score (nSPS) is 20.3. The van der Waals surface area contributed by atoms with Crippen LogP contribution in [0.2, 0.25) is 0 Å². The fraction of sp³-hybridized carbons (Fsp3) is 0.143. The Hall–Kier alpha value is -1.80. The van der Waals surface area contributed by atoms with Crippen molar-refractivity contribution in [3.63, 3.8) is 0 Å². The molecule has 4 heteroatoms. The second-order valence-corrected chi connectivity index (χ2v) is 9.56. The van der Waals surface area contributed by atoms with Crippen molar-refractivity contribution in [3.05, 3.63) is 95.6 Å². The lowest BCUT2D eigenvalue weighted by Crippen LogP contribution is -2.11. The number of hydrogen-bond donors (Lipinski definition) is 0. The topological polar surface area (TPSA) is 26.3 Å². The van der Waals surface area contributed by atoms with Gasteiger partial charge in [-0.15, -0.1) is 11.8 Å². The van der Waals surface area contributed by atoms with E-state index in [2.05, 4.69) is 24.3 Å². The van der Waals surface area contributed by atoms with Gasteiger partial charge in [-0.05, 0) is 34.9 Å². The zero-order valence-electron chi connectivity index (χ0n) is 13.8. The van der Waals surface area contributed by atoms with Gasteiger partial charge in [-0.3, -0.25) is 4.57 Å². The van der Waals surface area contributed by atoms with Crippen molar-refractivity contribution >= 4 is 24.4 Å². The van der Waals surface area contributed by atoms with Crippen molar-refractivity contribution in [1.29, 1.82) is 0 Å². The molecular weight excluding hydrogens is 347 g/mol. The minimum atomic E-state index is -2.99. The van der Waals surface area contributed by atoms with Crippen molar-refractivity contribution in [3.8, 4) is 0 Å². The first-order chi connectivity index (χ1) is 12.2. The van der Waals surface area contributed by atoms with Gasteiger partial charge < -0.3 is 4.52 Å². The minimum absolute atomic E-state index is 0.380. The SMILES string of the molecule is O=P1(c2ccccc2)Cc2ccccc2SCc2ccccc2CO1. The number of hydrogen-bond acceptors (Lipinski definition) is 3. The predicted octanol–water partition coefficient (Wildman–Crippen LogP) is 5.61. The lowest BCUT2D eigenvalue weighted by Gasteiger charge is -2.23. The summed E-state index contributed by atoms with van der Waals surface area (Å²) in [4.78, 5) is 1.18. The van der Waals surface area contributed by atoms with Crippen LogP contribution in [0, 0.1) is 0 Å². The molecule has 3 aromatic rings. The summed E-state index contributed by atoms with van der Waals surface area (Å²) >= 11 is 1.81. The van der Waals surface area contributed by atoms with Gasteiger partial charge in [-0.2, -0.15) is 0 Å². The first-order valence-corrected chi connectivity index (χ1v) is 11.1. The molecule has 126 valence electrons. The summed E-state index contributed by atoms with van der Waals surface area (Å²) in [5.74, 6) is 0.895. The van der Waals surface area contributed by atoms with E-state index in [1.807, 2.05) is 66.4 Å². The fourth-order valence-corrected chi connectivity index (χ4v) is 6.36. The van der Waals surface area contributed by atoms with Gasteiger partial charge in [0, 0.05) is 16.0 Å². The maximum atomic E-state index is 13.8. The third kappa shape index (κ3) is 3.59. The van der Waals surface area contributed by atoms with Crippen molar-refractivity contribution in [1.82, 2.24) is 0 Å². The van der Waals surface area contributed by atoms with E-state index in [0.717, 1.165) is 22.2 Å². The van der Waals surface area contributed by atoms with Crippen LogP contribution in [-0.4, -0.2) is 0 Å². The minimum Gasteiger partial charge on any atom is -0.320 e. The number of thioether (sulfide) groups is 1. The molecule has 1 heterocycles. The second kappa shape index (κ2) is 7.21. The van der Waals surface area contributed by atoms with E-state index in [4.69, 9.17) is 4.52 Å². The van der Waals surface area contributed by atoms with Crippen LogP contribution in [0.4, 0.5) is 0 Å². The Kier molecular flexibility index (Phi) is 4.80. The Balaban J connectivity index is 1.81. The second-order valence-electron chi connectivity index (χ2n) is 6.11. The molecule has 0 aromatic heterocycles. The molecule has 0 saturated heterocycles. The van der Waals surface area contributed by atoms with Crippen LogP contribution in [0.5, 0.6) is 0 Å². The largest absolute Gasteiger partial charge is 0.320 e. The van der Waals surface area contributed by atoms with Crippen molar-refractivity contribution in [2.75, 3.05) is 0 Å². The number of rotatable bonds is 1. The summed E-state index contributed by atoms with van der Waals surface area (Å²) < 4.78 is 19.9. The molecule has 1 aliphatic rings. The monoisotopic (exact) mass is 366 g/mol. The highest BCUT2D eigenvalue weighted by Gasteiger charge is 2.28. The van der Waals surface area contributed by atoms with Crippen LogP contribution in [-0.2, 0) is 27.6 Å². The molecule has 0 bridgehead atoms. The molecule has 0 saturated carbocycles. The Morgan fingerprint density at radius 1 is 0.760 bits per heavy atom. The molecule has 0 N–H and O–H groups in total. The van der Waals surface area contributed by atoms with Gasteiger partial charge in [0.15, 0.2) is 0 Å². The van der Waals surface area contributed by atoms with Gasteiger partial charge in [0.25, 0.3) is 0 Å². The van der Waals surface area contributed by atoms with Gasteiger partial charge in [0.05, 0.1) is 12.8 Å². The molecule has 4 rings (SSSR count). The van der Waals surface area contributed by atoms with E-state index in [0.29, 0.717) is 12.8 Å². The zero-order chi connectivity index (χ0) is 17.1. The van der Waals surface area contributed by atoms with Crippen molar-refractivity contribution < 1.29 is 9.09 Å². The lowest BCUT2D eigenvalue weighted by atomic mass is 10.1. The summed E-state index contributed by atoms with van der Waals surface area (Å²) in [5.41, 5.74) is 3.45. The van der Waals surface area contributed by atoms with Gasteiger partial charge >= 0.3 is 0 Å². The Morgan fingerprint density at radius 3 is 2.20 bits per heavy atom. The molecule has 25 heavy (non-hydrogen) atoms. The first kappa shape index (κ1) is 16.7. The molecule has 0 spiro atoms. The van der Waals surface area contributed by atoms with Crippen LogP contribution in [0.3, 0.4) is 0 Å².